The first kappa shape index (κ1) is 15.3. The first-order valence-electron chi connectivity index (χ1n) is 8.82. The van der Waals surface area contributed by atoms with E-state index < -0.39 is 0 Å². The molecule has 0 spiro atoms. The molecule has 0 saturated heterocycles. The third kappa shape index (κ3) is 2.23. The van der Waals surface area contributed by atoms with Crippen molar-refractivity contribution in [1.29, 1.82) is 0 Å². The molecule has 5 atom stereocenters. The molecule has 0 aromatic heterocycles. The molecule has 0 aromatic carbocycles. The lowest BCUT2D eigenvalue weighted by Crippen LogP contribution is -2.51. The van der Waals surface area contributed by atoms with Gasteiger partial charge in [-0.2, -0.15) is 0 Å². The van der Waals surface area contributed by atoms with Crippen LogP contribution in [0.2, 0.25) is 0 Å². The molecule has 0 aromatic rings. The molecule has 3 aliphatic carbocycles. The molecule has 0 radical (unpaired) electrons. The van der Waals surface area contributed by atoms with Crippen molar-refractivity contribution < 1.29 is 5.11 Å². The van der Waals surface area contributed by atoms with Crippen LogP contribution < -0.4 is 0 Å². The summed E-state index contributed by atoms with van der Waals surface area (Å²) >= 11 is 0. The number of aliphatic hydroxyl groups excluding tert-OH is 1. The molecule has 1 N–H and O–H groups in total. The smallest absolute Gasteiger partial charge is 0.0487 e. The lowest BCUT2D eigenvalue weighted by molar-refractivity contribution is -0.0558. The van der Waals surface area contributed by atoms with Gasteiger partial charge < -0.3 is 5.11 Å². The molecule has 21 heavy (non-hydrogen) atoms. The van der Waals surface area contributed by atoms with Crippen LogP contribution in [0.5, 0.6) is 0 Å². The number of rotatable bonds is 2. The molecule has 3 rings (SSSR count). The molecular formula is C20H32O. The minimum absolute atomic E-state index is 0.137. The molecule has 1 nitrogen and oxygen atoms in total. The normalized spacial score (nSPS) is 49.8. The van der Waals surface area contributed by atoms with Crippen molar-refractivity contribution in [2.45, 2.75) is 65.7 Å². The van der Waals surface area contributed by atoms with E-state index in [1.165, 1.54) is 38.5 Å². The van der Waals surface area contributed by atoms with Crippen LogP contribution in [0.4, 0.5) is 0 Å². The van der Waals surface area contributed by atoms with Gasteiger partial charge in [0, 0.05) is 6.61 Å². The number of hydrogen-bond acceptors (Lipinski definition) is 1. The highest BCUT2D eigenvalue weighted by atomic mass is 16.3. The summed E-state index contributed by atoms with van der Waals surface area (Å²) in [6, 6.07) is 0. The maximum Gasteiger partial charge on any atom is 0.0487 e. The molecule has 2 saturated carbocycles. The Hall–Kier alpha value is -0.560. The molecular weight excluding hydrogens is 256 g/mol. The summed E-state index contributed by atoms with van der Waals surface area (Å²) < 4.78 is 0. The van der Waals surface area contributed by atoms with E-state index in [1.54, 1.807) is 5.57 Å². The van der Waals surface area contributed by atoms with E-state index in [0.717, 1.165) is 12.3 Å². The van der Waals surface area contributed by atoms with Crippen molar-refractivity contribution in [1.82, 2.24) is 0 Å². The fourth-order valence-corrected chi connectivity index (χ4v) is 5.94. The van der Waals surface area contributed by atoms with Gasteiger partial charge in [-0.15, -0.1) is 6.58 Å². The molecule has 3 aliphatic rings. The maximum atomic E-state index is 9.99. The van der Waals surface area contributed by atoms with Crippen molar-refractivity contribution in [3.8, 4) is 0 Å². The van der Waals surface area contributed by atoms with E-state index >= 15 is 0 Å². The van der Waals surface area contributed by atoms with Crippen LogP contribution in [0.3, 0.4) is 0 Å². The van der Waals surface area contributed by atoms with Crippen LogP contribution in [0.25, 0.3) is 0 Å². The molecule has 0 unspecified atom stereocenters. The Morgan fingerprint density at radius 3 is 2.71 bits per heavy atom. The van der Waals surface area contributed by atoms with Crippen LogP contribution >= 0.6 is 0 Å². The zero-order valence-corrected chi connectivity index (χ0v) is 14.1. The summed E-state index contributed by atoms with van der Waals surface area (Å²) in [5.74, 6) is 1.42. The summed E-state index contributed by atoms with van der Waals surface area (Å²) in [6.45, 7) is 11.6. The highest BCUT2D eigenvalue weighted by molar-refractivity contribution is 5.28. The van der Waals surface area contributed by atoms with Gasteiger partial charge in [0.25, 0.3) is 0 Å². The second-order valence-corrected chi connectivity index (χ2v) is 8.84. The Morgan fingerprint density at radius 1 is 1.29 bits per heavy atom. The summed E-state index contributed by atoms with van der Waals surface area (Å²) in [5, 5.41) is 9.99. The molecule has 118 valence electrons. The first-order chi connectivity index (χ1) is 9.87. The van der Waals surface area contributed by atoms with Gasteiger partial charge in [0.1, 0.15) is 0 Å². The fourth-order valence-electron chi connectivity index (χ4n) is 5.94. The van der Waals surface area contributed by atoms with Crippen molar-refractivity contribution in [2.75, 3.05) is 6.61 Å². The average molecular weight is 288 g/mol. The van der Waals surface area contributed by atoms with Crippen LogP contribution in [0, 0.1) is 28.1 Å². The summed E-state index contributed by atoms with van der Waals surface area (Å²) in [4.78, 5) is 0. The molecule has 2 fully saturated rings. The monoisotopic (exact) mass is 288 g/mol. The van der Waals surface area contributed by atoms with E-state index in [2.05, 4.69) is 39.5 Å². The van der Waals surface area contributed by atoms with E-state index in [1.807, 2.05) is 0 Å². The summed E-state index contributed by atoms with van der Waals surface area (Å²) in [7, 11) is 0. The predicted octanol–water partition coefficient (Wildman–Crippen LogP) is 5.11. The molecule has 0 aliphatic heterocycles. The van der Waals surface area contributed by atoms with E-state index in [9.17, 15) is 5.11 Å². The van der Waals surface area contributed by atoms with E-state index in [0.29, 0.717) is 23.4 Å². The van der Waals surface area contributed by atoms with Gasteiger partial charge in [0.05, 0.1) is 0 Å². The maximum absolute atomic E-state index is 9.99. The van der Waals surface area contributed by atoms with Crippen molar-refractivity contribution in [2.24, 2.45) is 28.1 Å². The first-order valence-corrected chi connectivity index (χ1v) is 8.82. The van der Waals surface area contributed by atoms with Crippen LogP contribution in [0.1, 0.15) is 65.7 Å². The zero-order valence-electron chi connectivity index (χ0n) is 14.1. The van der Waals surface area contributed by atoms with Crippen LogP contribution in [-0.2, 0) is 0 Å². The number of aliphatic hydroxyl groups is 1. The van der Waals surface area contributed by atoms with Gasteiger partial charge in [-0.25, -0.2) is 0 Å². The van der Waals surface area contributed by atoms with Gasteiger partial charge in [-0.3, -0.25) is 0 Å². The molecule has 1 heteroatoms. The number of hydrogen-bond donors (Lipinski definition) is 1. The fraction of sp³-hybridized carbons (Fsp3) is 0.800. The Morgan fingerprint density at radius 2 is 2.05 bits per heavy atom. The summed E-state index contributed by atoms with van der Waals surface area (Å²) in [6.07, 6.45) is 13.6. The van der Waals surface area contributed by atoms with Crippen LogP contribution in [-0.4, -0.2) is 11.7 Å². The molecule has 0 bridgehead atoms. The minimum Gasteiger partial charge on any atom is -0.396 e. The van der Waals surface area contributed by atoms with Crippen molar-refractivity contribution >= 4 is 0 Å². The zero-order chi connectivity index (χ0) is 15.3. The largest absolute Gasteiger partial charge is 0.396 e. The Bertz CT molecular complexity index is 464. The standard InChI is InChI=1S/C20H32O/c1-5-18(2)12-9-16-15(13-18)7-8-17-19(3,14-21)10-6-11-20(16,17)4/h5,9,15,17,21H,1,6-8,10-14H2,2-4H3/t15-,17+,18+,19-,20+/m0/s1. The Labute approximate surface area is 130 Å². The minimum atomic E-state index is 0.137. The van der Waals surface area contributed by atoms with Gasteiger partial charge in [0.15, 0.2) is 0 Å². The molecule has 0 amide bonds. The predicted molar refractivity (Wildman–Crippen MR) is 89.0 cm³/mol. The number of fused-ring (bicyclic) bond motifs is 3. The topological polar surface area (TPSA) is 20.2 Å². The highest BCUT2D eigenvalue weighted by Crippen LogP contribution is 2.63. The second-order valence-electron chi connectivity index (χ2n) is 8.84. The average Bonchev–Trinajstić information content (AvgIpc) is 2.46. The summed E-state index contributed by atoms with van der Waals surface area (Å²) in [5.41, 5.74) is 2.50. The lowest BCUT2D eigenvalue weighted by atomic mass is 9.46. The Balaban J connectivity index is 1.96. The van der Waals surface area contributed by atoms with Gasteiger partial charge in [-0.05, 0) is 66.6 Å². The third-order valence-corrected chi connectivity index (χ3v) is 7.31. The SMILES string of the molecule is C=C[C@]1(C)CC=C2[C@@H](CC[C@@H]3[C@](C)(CO)CCC[C@]23C)C1. The van der Waals surface area contributed by atoms with Crippen LogP contribution in [0.15, 0.2) is 24.3 Å². The second kappa shape index (κ2) is 4.98. The number of allylic oxidation sites excluding steroid dienone is 3. The van der Waals surface area contributed by atoms with Gasteiger partial charge >= 0.3 is 0 Å². The third-order valence-electron chi connectivity index (χ3n) is 7.31. The van der Waals surface area contributed by atoms with E-state index in [-0.39, 0.29) is 5.41 Å². The molecule has 0 heterocycles. The Kier molecular flexibility index (Phi) is 3.64. The van der Waals surface area contributed by atoms with Gasteiger partial charge in [-0.1, -0.05) is 44.9 Å². The lowest BCUT2D eigenvalue weighted by Gasteiger charge is -2.59. The van der Waals surface area contributed by atoms with Gasteiger partial charge in [0.2, 0.25) is 0 Å². The van der Waals surface area contributed by atoms with Crippen molar-refractivity contribution in [3.63, 3.8) is 0 Å². The quantitative estimate of drug-likeness (QED) is 0.700. The highest BCUT2D eigenvalue weighted by Gasteiger charge is 2.54. The van der Waals surface area contributed by atoms with Crippen molar-refractivity contribution in [3.05, 3.63) is 24.3 Å². The van der Waals surface area contributed by atoms with E-state index in [4.69, 9.17) is 0 Å².